The number of thiazole rings is 1. The smallest absolute Gasteiger partial charge is 0.296 e. The summed E-state index contributed by atoms with van der Waals surface area (Å²) in [7, 11) is 1.58. The van der Waals surface area contributed by atoms with Crippen molar-refractivity contribution in [2.45, 2.75) is 13.0 Å². The van der Waals surface area contributed by atoms with Gasteiger partial charge in [-0.1, -0.05) is 41.2 Å². The number of anilines is 1. The van der Waals surface area contributed by atoms with Gasteiger partial charge in [0, 0.05) is 0 Å². The van der Waals surface area contributed by atoms with Gasteiger partial charge >= 0.3 is 0 Å². The van der Waals surface area contributed by atoms with E-state index < -0.39 is 23.5 Å². The van der Waals surface area contributed by atoms with Crippen molar-refractivity contribution in [3.8, 4) is 5.75 Å². The normalized spacial score (nSPS) is 16.2. The topological polar surface area (TPSA) is 92.9 Å². The highest BCUT2D eigenvalue weighted by Crippen LogP contribution is 2.44. The molecule has 160 valence electrons. The van der Waals surface area contributed by atoms with E-state index in [1.807, 2.05) is 37.3 Å². The molecule has 0 fully saturated rings. The highest BCUT2D eigenvalue weighted by atomic mass is 32.1. The summed E-state index contributed by atoms with van der Waals surface area (Å²) in [4.78, 5) is 32.5. The highest BCUT2D eigenvalue weighted by molar-refractivity contribution is 7.22. The van der Waals surface area contributed by atoms with E-state index in [2.05, 4.69) is 4.98 Å². The molecule has 2 aromatic heterocycles. The lowest BCUT2D eigenvalue weighted by atomic mass is 9.94. The molecule has 2 aromatic carbocycles. The first-order chi connectivity index (χ1) is 15.5. The van der Waals surface area contributed by atoms with E-state index in [1.54, 1.807) is 25.3 Å². The summed E-state index contributed by atoms with van der Waals surface area (Å²) in [5, 5.41) is 11.2. The van der Waals surface area contributed by atoms with Crippen molar-refractivity contribution in [2.24, 2.45) is 0 Å². The molecule has 32 heavy (non-hydrogen) atoms. The van der Waals surface area contributed by atoms with Crippen LogP contribution in [-0.4, -0.2) is 28.9 Å². The van der Waals surface area contributed by atoms with Gasteiger partial charge < -0.3 is 14.3 Å². The van der Waals surface area contributed by atoms with Gasteiger partial charge in [-0.3, -0.25) is 14.5 Å². The van der Waals surface area contributed by atoms with Crippen LogP contribution in [0.5, 0.6) is 5.75 Å². The second kappa shape index (κ2) is 7.65. The van der Waals surface area contributed by atoms with E-state index in [-0.39, 0.29) is 11.3 Å². The molecule has 3 heterocycles. The minimum atomic E-state index is -0.845. The molecule has 1 N–H and O–H groups in total. The lowest BCUT2D eigenvalue weighted by Crippen LogP contribution is -2.31. The van der Waals surface area contributed by atoms with Crippen LogP contribution in [0.3, 0.4) is 0 Å². The van der Waals surface area contributed by atoms with Crippen molar-refractivity contribution in [3.05, 3.63) is 89.1 Å². The predicted molar refractivity (Wildman–Crippen MR) is 120 cm³/mol. The summed E-state index contributed by atoms with van der Waals surface area (Å²) in [5.41, 5.74) is 2.30. The van der Waals surface area contributed by atoms with Crippen molar-refractivity contribution in [1.29, 1.82) is 0 Å². The second-order valence-electron chi connectivity index (χ2n) is 7.39. The molecule has 7 nitrogen and oxygen atoms in total. The molecule has 0 spiro atoms. The van der Waals surface area contributed by atoms with Gasteiger partial charge in [0.2, 0.25) is 5.78 Å². The minimum Gasteiger partial charge on any atom is -0.503 e. The van der Waals surface area contributed by atoms with Gasteiger partial charge in [0.1, 0.15) is 5.75 Å². The van der Waals surface area contributed by atoms with E-state index >= 15 is 0 Å². The number of amides is 1. The monoisotopic (exact) mass is 446 g/mol. The third-order valence-corrected chi connectivity index (χ3v) is 6.36. The SMILES string of the molecule is COc1ccc2nc(N3C(=O)C(O)=C(C(=O)c4ccco4)C3c3cccc(C)c3)sc2c1. The van der Waals surface area contributed by atoms with E-state index in [4.69, 9.17) is 9.15 Å². The number of carbonyl (C=O) groups is 2. The number of methoxy groups -OCH3 is 1. The molecule has 1 aliphatic heterocycles. The number of ketones is 1. The van der Waals surface area contributed by atoms with E-state index in [0.29, 0.717) is 22.0 Å². The van der Waals surface area contributed by atoms with Gasteiger partial charge in [0.15, 0.2) is 16.7 Å². The number of furan rings is 1. The number of benzene rings is 2. The lowest BCUT2D eigenvalue weighted by Gasteiger charge is -2.24. The van der Waals surface area contributed by atoms with Crippen LogP contribution in [0, 0.1) is 6.92 Å². The van der Waals surface area contributed by atoms with Crippen LogP contribution in [0.4, 0.5) is 5.13 Å². The molecule has 0 saturated carbocycles. The van der Waals surface area contributed by atoms with Crippen LogP contribution >= 0.6 is 11.3 Å². The molecule has 8 heteroatoms. The van der Waals surface area contributed by atoms with Crippen LogP contribution < -0.4 is 9.64 Å². The van der Waals surface area contributed by atoms with Gasteiger partial charge in [0.05, 0.1) is 35.2 Å². The third kappa shape index (κ3) is 3.16. The molecule has 1 unspecified atom stereocenters. The van der Waals surface area contributed by atoms with Gasteiger partial charge in [0.25, 0.3) is 5.91 Å². The maximum atomic E-state index is 13.2. The van der Waals surface area contributed by atoms with Gasteiger partial charge in [-0.05, 0) is 42.8 Å². The zero-order chi connectivity index (χ0) is 22.4. The highest BCUT2D eigenvalue weighted by Gasteiger charge is 2.46. The number of carbonyl (C=O) groups excluding carboxylic acids is 2. The molecule has 0 bridgehead atoms. The molecule has 1 atom stereocenters. The Hall–Kier alpha value is -3.91. The number of aliphatic hydroxyl groups excluding tert-OH is 1. The number of hydrogen-bond acceptors (Lipinski definition) is 7. The van der Waals surface area contributed by atoms with Crippen LogP contribution in [0.2, 0.25) is 0 Å². The lowest BCUT2D eigenvalue weighted by molar-refractivity contribution is -0.117. The summed E-state index contributed by atoms with van der Waals surface area (Å²) in [6.07, 6.45) is 1.38. The van der Waals surface area contributed by atoms with E-state index in [9.17, 15) is 14.7 Å². The summed E-state index contributed by atoms with van der Waals surface area (Å²) < 4.78 is 11.4. The molecule has 0 saturated heterocycles. The Morgan fingerprint density at radius 1 is 1.19 bits per heavy atom. The number of Topliss-reactive ketones (excluding diaryl/α,β-unsaturated/α-hetero) is 1. The molecule has 5 rings (SSSR count). The number of aliphatic hydroxyl groups is 1. The number of rotatable bonds is 5. The van der Waals surface area contributed by atoms with E-state index in [1.165, 1.54) is 28.6 Å². The van der Waals surface area contributed by atoms with Crippen molar-refractivity contribution in [3.63, 3.8) is 0 Å². The predicted octanol–water partition coefficient (Wildman–Crippen LogP) is 4.99. The molecular formula is C24H18N2O5S. The van der Waals surface area contributed by atoms with Crippen molar-refractivity contribution >= 4 is 38.4 Å². The fourth-order valence-corrected chi connectivity index (χ4v) is 4.87. The average molecular weight is 446 g/mol. The third-order valence-electron chi connectivity index (χ3n) is 5.35. The van der Waals surface area contributed by atoms with Crippen molar-refractivity contribution in [2.75, 3.05) is 12.0 Å². The molecule has 1 aliphatic rings. The second-order valence-corrected chi connectivity index (χ2v) is 8.40. The summed E-state index contributed by atoms with van der Waals surface area (Å²) in [6.45, 7) is 1.92. The first kappa shape index (κ1) is 20.0. The first-order valence-electron chi connectivity index (χ1n) is 9.84. The van der Waals surface area contributed by atoms with Crippen LogP contribution in [0.1, 0.15) is 27.7 Å². The zero-order valence-corrected chi connectivity index (χ0v) is 18.1. The minimum absolute atomic E-state index is 0.0348. The Morgan fingerprint density at radius 2 is 2.03 bits per heavy atom. The molecule has 1 amide bonds. The molecule has 4 aromatic rings. The quantitative estimate of drug-likeness (QED) is 0.434. The largest absolute Gasteiger partial charge is 0.503 e. The Labute approximate surface area is 187 Å². The maximum absolute atomic E-state index is 13.2. The van der Waals surface area contributed by atoms with Gasteiger partial charge in [-0.25, -0.2) is 4.98 Å². The Kier molecular flexibility index (Phi) is 4.79. The maximum Gasteiger partial charge on any atom is 0.296 e. The average Bonchev–Trinajstić information content (AvgIpc) is 3.51. The summed E-state index contributed by atoms with van der Waals surface area (Å²) in [5.74, 6) is -1.11. The Morgan fingerprint density at radius 3 is 2.75 bits per heavy atom. The summed E-state index contributed by atoms with van der Waals surface area (Å²) in [6, 6.07) is 15.2. The van der Waals surface area contributed by atoms with Crippen LogP contribution in [-0.2, 0) is 4.79 Å². The Bertz CT molecular complexity index is 1390. The van der Waals surface area contributed by atoms with Crippen LogP contribution in [0.25, 0.3) is 10.2 Å². The van der Waals surface area contributed by atoms with Crippen LogP contribution in [0.15, 0.2) is 76.6 Å². The molecular weight excluding hydrogens is 428 g/mol. The first-order valence-corrected chi connectivity index (χ1v) is 10.7. The number of nitrogens with zero attached hydrogens (tertiary/aromatic N) is 2. The number of ether oxygens (including phenoxy) is 1. The number of fused-ring (bicyclic) bond motifs is 1. The number of aryl methyl sites for hydroxylation is 1. The number of hydrogen-bond donors (Lipinski definition) is 1. The fourth-order valence-electron chi connectivity index (χ4n) is 3.85. The fraction of sp³-hybridized carbons (Fsp3) is 0.125. The Balaban J connectivity index is 1.68. The molecule has 0 aliphatic carbocycles. The standard InChI is InChI=1S/C24H18N2O5S/c1-13-5-3-6-14(11-13)20-19(21(27)17-7-4-10-31-17)22(28)23(29)26(20)24-25-16-9-8-15(30-2)12-18(16)32-24/h3-12,20,28H,1-2H3. The molecule has 0 radical (unpaired) electrons. The van der Waals surface area contributed by atoms with E-state index in [0.717, 1.165) is 10.3 Å². The summed E-state index contributed by atoms with van der Waals surface area (Å²) >= 11 is 1.29. The van der Waals surface area contributed by atoms with Gasteiger partial charge in [-0.2, -0.15) is 0 Å². The van der Waals surface area contributed by atoms with Crippen molar-refractivity contribution < 1.29 is 23.8 Å². The zero-order valence-electron chi connectivity index (χ0n) is 17.2. The van der Waals surface area contributed by atoms with Gasteiger partial charge in [-0.15, -0.1) is 0 Å². The number of aromatic nitrogens is 1. The van der Waals surface area contributed by atoms with Crippen molar-refractivity contribution in [1.82, 2.24) is 4.98 Å².